The first-order chi connectivity index (χ1) is 13.1. The normalized spacial score (nSPS) is 10.7. The van der Waals surface area contributed by atoms with Crippen LogP contribution in [0.5, 0.6) is 0 Å². The molecule has 4 rings (SSSR count). The van der Waals surface area contributed by atoms with Crippen molar-refractivity contribution in [3.05, 3.63) is 95.0 Å². The van der Waals surface area contributed by atoms with Crippen molar-refractivity contribution >= 4 is 34.1 Å². The summed E-state index contributed by atoms with van der Waals surface area (Å²) >= 11 is 5.99. The molecule has 0 aliphatic heterocycles. The minimum atomic E-state index is -0.160. The van der Waals surface area contributed by atoms with Gasteiger partial charge in [0.25, 0.3) is 5.91 Å². The van der Waals surface area contributed by atoms with E-state index in [1.165, 1.54) is 0 Å². The van der Waals surface area contributed by atoms with E-state index in [-0.39, 0.29) is 5.91 Å². The van der Waals surface area contributed by atoms with Gasteiger partial charge in [-0.05, 0) is 43.3 Å². The van der Waals surface area contributed by atoms with Crippen LogP contribution < -0.4 is 5.32 Å². The molecule has 4 aromatic rings. The average Bonchev–Trinajstić information content (AvgIpc) is 2.69. The lowest BCUT2D eigenvalue weighted by Gasteiger charge is -2.11. The van der Waals surface area contributed by atoms with E-state index in [2.05, 4.69) is 5.32 Å². The zero-order valence-electron chi connectivity index (χ0n) is 14.7. The van der Waals surface area contributed by atoms with E-state index < -0.39 is 0 Å². The van der Waals surface area contributed by atoms with Crippen molar-refractivity contribution in [1.29, 1.82) is 0 Å². The van der Waals surface area contributed by atoms with E-state index in [0.29, 0.717) is 10.6 Å². The molecule has 1 aromatic heterocycles. The van der Waals surface area contributed by atoms with Gasteiger partial charge < -0.3 is 5.32 Å². The van der Waals surface area contributed by atoms with E-state index in [1.54, 1.807) is 0 Å². The Morgan fingerprint density at radius 2 is 1.63 bits per heavy atom. The summed E-state index contributed by atoms with van der Waals surface area (Å²) in [4.78, 5) is 17.7. The monoisotopic (exact) mass is 372 g/mol. The quantitative estimate of drug-likeness (QED) is 0.471. The van der Waals surface area contributed by atoms with Crippen molar-refractivity contribution < 1.29 is 4.79 Å². The van der Waals surface area contributed by atoms with Crippen LogP contribution in [0.2, 0.25) is 5.02 Å². The second-order valence-corrected chi connectivity index (χ2v) is 6.84. The molecule has 1 heterocycles. The lowest BCUT2D eigenvalue weighted by Crippen LogP contribution is -2.13. The first-order valence-corrected chi connectivity index (χ1v) is 9.02. The Morgan fingerprint density at radius 3 is 2.37 bits per heavy atom. The third-order valence-corrected chi connectivity index (χ3v) is 4.66. The Kier molecular flexibility index (Phi) is 4.61. The number of nitrogens with zero attached hydrogens (tertiary/aromatic N) is 1. The van der Waals surface area contributed by atoms with Gasteiger partial charge >= 0.3 is 0 Å². The fourth-order valence-electron chi connectivity index (χ4n) is 2.97. The Bertz CT molecular complexity index is 1120. The van der Waals surface area contributed by atoms with Crippen LogP contribution in [0.4, 0.5) is 5.69 Å². The zero-order valence-corrected chi connectivity index (χ0v) is 15.5. The SMILES string of the molecule is Cc1ccc(NC(=O)c2cc(-c3ccc(Cl)cc3)nc3ccccc23)cc1. The Hall–Kier alpha value is -3.17. The van der Waals surface area contributed by atoms with Crippen LogP contribution in [-0.4, -0.2) is 10.9 Å². The van der Waals surface area contributed by atoms with Gasteiger partial charge in [-0.25, -0.2) is 4.98 Å². The van der Waals surface area contributed by atoms with Crippen molar-refractivity contribution in [2.75, 3.05) is 5.32 Å². The van der Waals surface area contributed by atoms with Gasteiger partial charge in [0.2, 0.25) is 0 Å². The smallest absolute Gasteiger partial charge is 0.256 e. The molecule has 132 valence electrons. The molecule has 27 heavy (non-hydrogen) atoms. The van der Waals surface area contributed by atoms with Crippen molar-refractivity contribution in [2.24, 2.45) is 0 Å². The highest BCUT2D eigenvalue weighted by atomic mass is 35.5. The maximum absolute atomic E-state index is 13.0. The number of para-hydroxylation sites is 1. The molecule has 0 aliphatic carbocycles. The van der Waals surface area contributed by atoms with Gasteiger partial charge in [0.1, 0.15) is 0 Å². The zero-order chi connectivity index (χ0) is 18.8. The molecular formula is C23H17ClN2O. The molecular weight excluding hydrogens is 356 g/mol. The van der Waals surface area contributed by atoms with E-state index in [9.17, 15) is 4.79 Å². The first-order valence-electron chi connectivity index (χ1n) is 8.64. The molecule has 0 atom stereocenters. The highest BCUT2D eigenvalue weighted by Crippen LogP contribution is 2.26. The van der Waals surface area contributed by atoms with Gasteiger partial charge in [0, 0.05) is 21.7 Å². The molecule has 0 unspecified atom stereocenters. The van der Waals surface area contributed by atoms with E-state index in [1.807, 2.05) is 85.8 Å². The number of nitrogens with one attached hydrogen (secondary N) is 1. The minimum absolute atomic E-state index is 0.160. The van der Waals surface area contributed by atoms with E-state index >= 15 is 0 Å². The van der Waals surface area contributed by atoms with E-state index in [0.717, 1.165) is 33.4 Å². The first kappa shape index (κ1) is 17.3. The summed E-state index contributed by atoms with van der Waals surface area (Å²) in [6.07, 6.45) is 0. The Balaban J connectivity index is 1.79. The fourth-order valence-corrected chi connectivity index (χ4v) is 3.09. The summed E-state index contributed by atoms with van der Waals surface area (Å²) < 4.78 is 0. The number of amides is 1. The summed E-state index contributed by atoms with van der Waals surface area (Å²) in [5, 5.41) is 4.46. The van der Waals surface area contributed by atoms with Crippen molar-refractivity contribution in [3.8, 4) is 11.3 Å². The summed E-state index contributed by atoms with van der Waals surface area (Å²) in [5.74, 6) is -0.160. The lowest BCUT2D eigenvalue weighted by molar-refractivity contribution is 0.102. The highest BCUT2D eigenvalue weighted by molar-refractivity contribution is 6.30. The number of carbonyl (C=O) groups is 1. The molecule has 0 saturated heterocycles. The molecule has 0 radical (unpaired) electrons. The largest absolute Gasteiger partial charge is 0.322 e. The maximum Gasteiger partial charge on any atom is 0.256 e. The number of benzene rings is 3. The number of fused-ring (bicyclic) bond motifs is 1. The van der Waals surface area contributed by atoms with Crippen LogP contribution in [-0.2, 0) is 0 Å². The molecule has 0 bridgehead atoms. The van der Waals surface area contributed by atoms with Gasteiger partial charge in [0.15, 0.2) is 0 Å². The number of halogens is 1. The number of pyridine rings is 1. The predicted octanol–water partition coefficient (Wildman–Crippen LogP) is 6.12. The predicted molar refractivity (Wildman–Crippen MR) is 111 cm³/mol. The van der Waals surface area contributed by atoms with Crippen molar-refractivity contribution in [2.45, 2.75) is 6.92 Å². The van der Waals surface area contributed by atoms with Crippen LogP contribution in [0.15, 0.2) is 78.9 Å². The molecule has 0 spiro atoms. The van der Waals surface area contributed by atoms with Crippen LogP contribution in [0.1, 0.15) is 15.9 Å². The Labute approximate surface area is 162 Å². The van der Waals surface area contributed by atoms with E-state index in [4.69, 9.17) is 16.6 Å². The third kappa shape index (κ3) is 3.69. The van der Waals surface area contributed by atoms with Crippen molar-refractivity contribution in [3.63, 3.8) is 0 Å². The van der Waals surface area contributed by atoms with Crippen LogP contribution >= 0.6 is 11.6 Å². The molecule has 0 saturated carbocycles. The summed E-state index contributed by atoms with van der Waals surface area (Å²) in [6.45, 7) is 2.01. The molecule has 1 N–H and O–H groups in total. The topological polar surface area (TPSA) is 42.0 Å². The van der Waals surface area contributed by atoms with Crippen LogP contribution in [0, 0.1) is 6.92 Å². The number of hydrogen-bond donors (Lipinski definition) is 1. The average molecular weight is 373 g/mol. The summed E-state index contributed by atoms with van der Waals surface area (Å²) in [7, 11) is 0. The lowest BCUT2D eigenvalue weighted by atomic mass is 10.0. The standard InChI is InChI=1S/C23H17ClN2O/c1-15-6-12-18(13-7-15)25-23(27)20-14-22(16-8-10-17(24)11-9-16)26-21-5-3-2-4-19(20)21/h2-14H,1H3,(H,25,27). The number of hydrogen-bond acceptors (Lipinski definition) is 2. The molecule has 3 nitrogen and oxygen atoms in total. The van der Waals surface area contributed by atoms with Gasteiger partial charge in [-0.2, -0.15) is 0 Å². The number of aromatic nitrogens is 1. The molecule has 0 fully saturated rings. The number of anilines is 1. The summed E-state index contributed by atoms with van der Waals surface area (Å²) in [6, 6.07) is 24.7. The minimum Gasteiger partial charge on any atom is -0.322 e. The van der Waals surface area contributed by atoms with Gasteiger partial charge in [-0.1, -0.05) is 59.6 Å². The molecule has 1 amide bonds. The number of carbonyl (C=O) groups excluding carboxylic acids is 1. The highest BCUT2D eigenvalue weighted by Gasteiger charge is 2.14. The second-order valence-electron chi connectivity index (χ2n) is 6.40. The summed E-state index contributed by atoms with van der Waals surface area (Å²) in [5.41, 5.74) is 4.92. The maximum atomic E-state index is 13.0. The molecule has 4 heteroatoms. The number of aryl methyl sites for hydroxylation is 1. The molecule has 0 aliphatic rings. The van der Waals surface area contributed by atoms with Gasteiger partial charge in [-0.15, -0.1) is 0 Å². The van der Waals surface area contributed by atoms with Crippen molar-refractivity contribution in [1.82, 2.24) is 4.98 Å². The second kappa shape index (κ2) is 7.22. The van der Waals surface area contributed by atoms with Crippen LogP contribution in [0.25, 0.3) is 22.2 Å². The third-order valence-electron chi connectivity index (χ3n) is 4.41. The van der Waals surface area contributed by atoms with Gasteiger partial charge in [-0.3, -0.25) is 4.79 Å². The van der Waals surface area contributed by atoms with Crippen LogP contribution in [0.3, 0.4) is 0 Å². The molecule has 3 aromatic carbocycles. The van der Waals surface area contributed by atoms with Gasteiger partial charge in [0.05, 0.1) is 16.8 Å². The fraction of sp³-hybridized carbons (Fsp3) is 0.0435. The Morgan fingerprint density at radius 1 is 0.926 bits per heavy atom. The number of rotatable bonds is 3.